The van der Waals surface area contributed by atoms with Crippen molar-refractivity contribution in [2.45, 2.75) is 37.4 Å². The first-order valence-corrected chi connectivity index (χ1v) is 11.9. The maximum absolute atomic E-state index is 11.7. The van der Waals surface area contributed by atoms with Gasteiger partial charge in [0.05, 0.1) is 13.2 Å². The van der Waals surface area contributed by atoms with Crippen molar-refractivity contribution in [3.8, 4) is 0 Å². The van der Waals surface area contributed by atoms with Gasteiger partial charge in [-0.15, -0.1) is 0 Å². The molecular formula is C17H32N6O4S2. The summed E-state index contributed by atoms with van der Waals surface area (Å²) in [5.74, 6) is 0.963. The van der Waals surface area contributed by atoms with E-state index in [4.69, 9.17) is 20.6 Å². The molecule has 1 aliphatic heterocycles. The molecular weight excluding hydrogens is 416 g/mol. The van der Waals surface area contributed by atoms with Gasteiger partial charge in [0.2, 0.25) is 17.8 Å². The Morgan fingerprint density at radius 3 is 2.76 bits per heavy atom. The number of nitrogens with zero attached hydrogens (tertiary/aromatic N) is 2. The molecule has 0 aliphatic carbocycles. The number of aliphatic imine (C=N–C) groups is 1. The van der Waals surface area contributed by atoms with Crippen molar-refractivity contribution in [1.29, 1.82) is 5.41 Å². The van der Waals surface area contributed by atoms with Gasteiger partial charge in [-0.25, -0.2) is 4.79 Å². The van der Waals surface area contributed by atoms with E-state index in [0.29, 0.717) is 19.6 Å². The van der Waals surface area contributed by atoms with Crippen LogP contribution in [0, 0.1) is 5.41 Å². The average molecular weight is 449 g/mol. The number of amides is 2. The quantitative estimate of drug-likeness (QED) is 0.161. The average Bonchev–Trinajstić information content (AvgIpc) is 3.17. The first-order chi connectivity index (χ1) is 13.9. The van der Waals surface area contributed by atoms with Crippen LogP contribution in [0.2, 0.25) is 0 Å². The molecule has 1 fully saturated rings. The topological polar surface area (TPSA) is 142 Å². The van der Waals surface area contributed by atoms with Gasteiger partial charge in [0.15, 0.2) is 0 Å². The molecule has 10 nitrogen and oxygen atoms in total. The van der Waals surface area contributed by atoms with Crippen LogP contribution in [0.5, 0.6) is 0 Å². The lowest BCUT2D eigenvalue weighted by molar-refractivity contribution is -0.121. The molecule has 0 aromatic carbocycles. The molecule has 0 aromatic heterocycles. The van der Waals surface area contributed by atoms with Crippen LogP contribution < -0.4 is 16.4 Å². The highest BCUT2D eigenvalue weighted by molar-refractivity contribution is 8.77. The number of nitrogens with two attached hydrogens (primary N) is 1. The number of guanidine groups is 2. The Labute approximate surface area is 180 Å². The first kappa shape index (κ1) is 25.4. The molecule has 1 rings (SSSR count). The lowest BCUT2D eigenvalue weighted by atomic mass is 10.1. The third-order valence-electron chi connectivity index (χ3n) is 3.82. The molecule has 1 aliphatic rings. The minimum absolute atomic E-state index is 0.0374. The van der Waals surface area contributed by atoms with Crippen LogP contribution >= 0.6 is 21.6 Å². The second kappa shape index (κ2) is 15.2. The number of hydrogen-bond acceptors (Lipinski definition) is 7. The maximum Gasteiger partial charge on any atom is 0.414 e. The van der Waals surface area contributed by atoms with Crippen LogP contribution in [0.25, 0.3) is 0 Å². The highest BCUT2D eigenvalue weighted by atomic mass is 33.1. The summed E-state index contributed by atoms with van der Waals surface area (Å²) in [6.45, 7) is 1.00. The molecule has 5 N–H and O–H groups in total. The Bertz CT molecular complexity index is 556. The standard InChI is InChI=1S/C17H32N6O4S2/c1-23(2)16(19)21-15(18)22-17(25)27-11-10-26-9-8-20-14(24)6-4-3-5-13-7-12-28-29-13/h13H,3-12H2,1-2H3,(H,20,24)(H4,18,19,21,22,25)/t13-/m1/s1. The fourth-order valence-electron chi connectivity index (χ4n) is 2.25. The van der Waals surface area contributed by atoms with Crippen molar-refractivity contribution in [3.05, 3.63) is 0 Å². The molecule has 0 aromatic rings. The fourth-order valence-corrected chi connectivity index (χ4v) is 5.28. The number of hydrogen-bond donors (Lipinski definition) is 4. The predicted molar refractivity (Wildman–Crippen MR) is 118 cm³/mol. The molecule has 0 unspecified atom stereocenters. The van der Waals surface area contributed by atoms with E-state index in [9.17, 15) is 9.59 Å². The van der Waals surface area contributed by atoms with Crippen LogP contribution in [-0.4, -0.2) is 80.3 Å². The summed E-state index contributed by atoms with van der Waals surface area (Å²) in [5.41, 5.74) is 5.48. The number of alkyl carbamates (subject to hydrolysis) is 1. The van der Waals surface area contributed by atoms with Crippen molar-refractivity contribution in [2.24, 2.45) is 10.7 Å². The van der Waals surface area contributed by atoms with Gasteiger partial charge in [-0.3, -0.25) is 15.5 Å². The van der Waals surface area contributed by atoms with Crippen LogP contribution in [0.1, 0.15) is 32.1 Å². The molecule has 2 amide bonds. The zero-order valence-corrected chi connectivity index (χ0v) is 18.7. The monoisotopic (exact) mass is 448 g/mol. The second-order valence-electron chi connectivity index (χ2n) is 6.51. The number of unbranched alkanes of at least 4 members (excludes halogenated alkanes) is 1. The molecule has 12 heteroatoms. The Morgan fingerprint density at radius 1 is 1.28 bits per heavy atom. The molecule has 0 radical (unpaired) electrons. The van der Waals surface area contributed by atoms with E-state index in [1.165, 1.54) is 23.5 Å². The number of ether oxygens (including phenoxy) is 2. The summed E-state index contributed by atoms with van der Waals surface area (Å²) in [6, 6.07) is 0. The molecule has 0 bridgehead atoms. The molecule has 0 spiro atoms. The summed E-state index contributed by atoms with van der Waals surface area (Å²) in [5, 5.41) is 13.3. The Kier molecular flexibility index (Phi) is 13.3. The van der Waals surface area contributed by atoms with E-state index in [1.54, 1.807) is 14.1 Å². The third-order valence-corrected chi connectivity index (χ3v) is 6.82. The zero-order chi connectivity index (χ0) is 21.5. The minimum Gasteiger partial charge on any atom is -0.447 e. The van der Waals surface area contributed by atoms with Crippen molar-refractivity contribution < 1.29 is 19.1 Å². The first-order valence-electron chi connectivity index (χ1n) is 9.55. The van der Waals surface area contributed by atoms with Gasteiger partial charge in [0.25, 0.3) is 0 Å². The van der Waals surface area contributed by atoms with Gasteiger partial charge in [-0.1, -0.05) is 28.0 Å². The smallest absolute Gasteiger partial charge is 0.414 e. The largest absolute Gasteiger partial charge is 0.447 e. The van der Waals surface area contributed by atoms with E-state index in [-0.39, 0.29) is 31.0 Å². The highest BCUT2D eigenvalue weighted by Crippen LogP contribution is 2.39. The minimum atomic E-state index is -0.774. The van der Waals surface area contributed by atoms with Gasteiger partial charge in [-0.05, 0) is 19.3 Å². The highest BCUT2D eigenvalue weighted by Gasteiger charge is 2.15. The Hall–Kier alpha value is -1.66. The van der Waals surface area contributed by atoms with Crippen molar-refractivity contribution in [3.63, 3.8) is 0 Å². The van der Waals surface area contributed by atoms with Crippen LogP contribution in [-0.2, 0) is 14.3 Å². The van der Waals surface area contributed by atoms with E-state index < -0.39 is 6.09 Å². The molecule has 1 atom stereocenters. The van der Waals surface area contributed by atoms with Crippen molar-refractivity contribution in [2.75, 3.05) is 46.2 Å². The Morgan fingerprint density at radius 2 is 2.07 bits per heavy atom. The number of nitrogens with one attached hydrogen (secondary N) is 3. The van der Waals surface area contributed by atoms with Gasteiger partial charge >= 0.3 is 6.09 Å². The van der Waals surface area contributed by atoms with Crippen molar-refractivity contribution >= 4 is 45.5 Å². The summed E-state index contributed by atoms with van der Waals surface area (Å²) < 4.78 is 10.2. The lowest BCUT2D eigenvalue weighted by Gasteiger charge is -2.10. The molecule has 1 saturated heterocycles. The number of carbonyl (C=O) groups is 2. The zero-order valence-electron chi connectivity index (χ0n) is 17.1. The molecule has 166 valence electrons. The van der Waals surface area contributed by atoms with E-state index >= 15 is 0 Å². The van der Waals surface area contributed by atoms with Crippen LogP contribution in [0.3, 0.4) is 0 Å². The molecule has 0 saturated carbocycles. The van der Waals surface area contributed by atoms with Crippen molar-refractivity contribution in [1.82, 2.24) is 15.5 Å². The van der Waals surface area contributed by atoms with Gasteiger partial charge in [0, 0.05) is 38.1 Å². The number of rotatable bonds is 11. The van der Waals surface area contributed by atoms with Crippen LogP contribution in [0.4, 0.5) is 4.79 Å². The Balaban J connectivity index is 1.93. The molecule has 1 heterocycles. The summed E-state index contributed by atoms with van der Waals surface area (Å²) in [6.07, 6.45) is 4.25. The van der Waals surface area contributed by atoms with Gasteiger partial charge < -0.3 is 25.4 Å². The van der Waals surface area contributed by atoms with E-state index in [0.717, 1.165) is 18.1 Å². The second-order valence-corrected chi connectivity index (χ2v) is 9.30. The summed E-state index contributed by atoms with van der Waals surface area (Å²) in [7, 11) is 7.18. The van der Waals surface area contributed by atoms with E-state index in [1.807, 2.05) is 21.6 Å². The SMILES string of the molecule is CN(C)C(=N)N=C(N)NC(=O)OCCOCCNC(=O)CCCC[C@@H]1CCSS1. The lowest BCUT2D eigenvalue weighted by Crippen LogP contribution is -2.39. The van der Waals surface area contributed by atoms with E-state index in [2.05, 4.69) is 15.6 Å². The number of carbonyl (C=O) groups excluding carboxylic acids is 2. The van der Waals surface area contributed by atoms with Gasteiger partial charge in [-0.2, -0.15) is 4.99 Å². The van der Waals surface area contributed by atoms with Gasteiger partial charge in [0.1, 0.15) is 6.61 Å². The predicted octanol–water partition coefficient (Wildman–Crippen LogP) is 1.37. The van der Waals surface area contributed by atoms with Crippen LogP contribution in [0.15, 0.2) is 4.99 Å². The normalized spacial score (nSPS) is 16.3. The summed E-state index contributed by atoms with van der Waals surface area (Å²) >= 11 is 0. The maximum atomic E-state index is 11.7. The fraction of sp³-hybridized carbons (Fsp3) is 0.765. The third kappa shape index (κ3) is 13.2. The summed E-state index contributed by atoms with van der Waals surface area (Å²) in [4.78, 5) is 28.3. The molecule has 29 heavy (non-hydrogen) atoms.